The number of rotatable bonds is 1. The van der Waals surface area contributed by atoms with E-state index in [0.717, 1.165) is 11.1 Å². The highest BCUT2D eigenvalue weighted by Gasteiger charge is 2.08. The van der Waals surface area contributed by atoms with E-state index in [4.69, 9.17) is 10.2 Å². The zero-order chi connectivity index (χ0) is 15.9. The van der Waals surface area contributed by atoms with Crippen molar-refractivity contribution >= 4 is 5.97 Å². The Balaban J connectivity index is 2.23. The number of benzene rings is 2. The second-order valence-electron chi connectivity index (χ2n) is 4.32. The van der Waals surface area contributed by atoms with Gasteiger partial charge in [0.25, 0.3) is 0 Å². The van der Waals surface area contributed by atoms with Crippen molar-refractivity contribution in [1.29, 1.82) is 0 Å². The fourth-order valence-corrected chi connectivity index (χ4v) is 1.71. The van der Waals surface area contributed by atoms with Crippen LogP contribution in [0.1, 0.15) is 27.0 Å². The number of aromatic hydroxyl groups is 1. The average molecular weight is 292 g/mol. The third-order valence-electron chi connectivity index (χ3n) is 2.77. The van der Waals surface area contributed by atoms with Crippen LogP contribution in [0.25, 0.3) is 0 Å². The molecule has 4 heteroatoms. The van der Waals surface area contributed by atoms with Gasteiger partial charge in [0.2, 0.25) is 0 Å². The summed E-state index contributed by atoms with van der Waals surface area (Å²) in [7, 11) is 0. The van der Waals surface area contributed by atoms with Crippen molar-refractivity contribution in [2.75, 3.05) is 6.61 Å². The zero-order valence-electron chi connectivity index (χ0n) is 11.5. The van der Waals surface area contributed by atoms with Gasteiger partial charge in [-0.05, 0) is 42.5 Å². The molecule has 108 valence electrons. The van der Waals surface area contributed by atoms with Crippen LogP contribution in [0.15, 0.2) is 42.5 Å². The predicted octanol–water partition coefficient (Wildman–Crippen LogP) is 1.83. The summed E-state index contributed by atoms with van der Waals surface area (Å²) in [5.41, 5.74) is 1.85. The third-order valence-corrected chi connectivity index (χ3v) is 2.77. The first-order valence-corrected chi connectivity index (χ1v) is 6.38. The minimum absolute atomic E-state index is 0.179. The van der Waals surface area contributed by atoms with Gasteiger partial charge in [0.1, 0.15) is 17.9 Å². The number of hydrogen-bond donors (Lipinski definition) is 3. The molecule has 0 radical (unpaired) electrons. The van der Waals surface area contributed by atoms with Crippen molar-refractivity contribution in [2.24, 2.45) is 0 Å². The topological polar surface area (TPSA) is 77.8 Å². The van der Waals surface area contributed by atoms with Gasteiger partial charge in [0.15, 0.2) is 0 Å². The van der Waals surface area contributed by atoms with E-state index < -0.39 is 5.97 Å². The first kappa shape index (κ1) is 15.2. The fourth-order valence-electron chi connectivity index (χ4n) is 1.71. The summed E-state index contributed by atoms with van der Waals surface area (Å²) in [6.07, 6.45) is 0. The average Bonchev–Trinajstić information content (AvgIpc) is 2.53. The first-order chi connectivity index (χ1) is 10.6. The Bertz CT molecular complexity index is 812. The normalized spacial score (nSPS) is 9.14. The number of aliphatic hydroxyl groups is 1. The summed E-state index contributed by atoms with van der Waals surface area (Å²) in [5.74, 6) is 9.60. The summed E-state index contributed by atoms with van der Waals surface area (Å²) in [6, 6.07) is 11.3. The standard InChI is InChI=1S/C18H12O4/c19-11-1-2-13-3-5-14(6-4-13)7-8-15-9-10-17(20)16(12-15)18(21)22/h3-6,9-10,12,19-20H,11H2,(H,21,22). The molecule has 0 atom stereocenters. The van der Waals surface area contributed by atoms with Gasteiger partial charge in [0, 0.05) is 16.7 Å². The Morgan fingerprint density at radius 1 is 0.909 bits per heavy atom. The van der Waals surface area contributed by atoms with Crippen molar-refractivity contribution in [2.45, 2.75) is 0 Å². The Kier molecular flexibility index (Phi) is 4.82. The lowest BCUT2D eigenvalue weighted by atomic mass is 10.1. The molecule has 2 aromatic carbocycles. The third kappa shape index (κ3) is 3.89. The molecule has 0 fully saturated rings. The number of aromatic carboxylic acids is 1. The van der Waals surface area contributed by atoms with Crippen molar-refractivity contribution in [1.82, 2.24) is 0 Å². The number of aliphatic hydroxyl groups excluding tert-OH is 1. The Morgan fingerprint density at radius 3 is 2.05 bits per heavy atom. The number of carboxylic acids is 1. The lowest BCUT2D eigenvalue weighted by molar-refractivity contribution is 0.0693. The minimum atomic E-state index is -1.20. The number of carboxylic acid groups (broad SMARTS) is 1. The van der Waals surface area contributed by atoms with E-state index in [0.29, 0.717) is 5.56 Å². The molecule has 2 rings (SSSR count). The summed E-state index contributed by atoms with van der Waals surface area (Å²) in [4.78, 5) is 10.9. The van der Waals surface area contributed by atoms with Gasteiger partial charge in [-0.25, -0.2) is 4.79 Å². The number of carbonyl (C=O) groups is 1. The molecule has 2 aromatic rings. The van der Waals surface area contributed by atoms with Crippen LogP contribution in [0.5, 0.6) is 5.75 Å². The zero-order valence-corrected chi connectivity index (χ0v) is 11.5. The summed E-state index contributed by atoms with van der Waals surface area (Å²) in [5, 5.41) is 27.0. The van der Waals surface area contributed by atoms with Gasteiger partial charge in [0.05, 0.1) is 0 Å². The van der Waals surface area contributed by atoms with E-state index in [9.17, 15) is 9.90 Å². The fraction of sp³-hybridized carbons (Fsp3) is 0.0556. The van der Waals surface area contributed by atoms with Crippen molar-refractivity contribution in [3.8, 4) is 29.4 Å². The smallest absolute Gasteiger partial charge is 0.339 e. The van der Waals surface area contributed by atoms with E-state index in [1.807, 2.05) is 0 Å². The summed E-state index contributed by atoms with van der Waals surface area (Å²) >= 11 is 0. The number of phenols is 1. The molecule has 22 heavy (non-hydrogen) atoms. The van der Waals surface area contributed by atoms with Gasteiger partial charge >= 0.3 is 5.97 Å². The molecule has 0 saturated heterocycles. The molecule has 0 aliphatic rings. The second kappa shape index (κ2) is 6.99. The largest absolute Gasteiger partial charge is 0.507 e. The van der Waals surface area contributed by atoms with Crippen molar-refractivity contribution in [3.05, 3.63) is 64.7 Å². The van der Waals surface area contributed by atoms with Crippen molar-refractivity contribution < 1.29 is 20.1 Å². The summed E-state index contributed by atoms with van der Waals surface area (Å²) in [6.45, 7) is -0.186. The highest BCUT2D eigenvalue weighted by atomic mass is 16.4. The SMILES string of the molecule is O=C(O)c1cc(C#Cc2ccc(C#CCO)cc2)ccc1O. The van der Waals surface area contributed by atoms with Crippen molar-refractivity contribution in [3.63, 3.8) is 0 Å². The molecule has 0 unspecified atom stereocenters. The Labute approximate surface area is 127 Å². The maximum Gasteiger partial charge on any atom is 0.339 e. The van der Waals surface area contributed by atoms with E-state index in [-0.39, 0.29) is 17.9 Å². The molecule has 0 spiro atoms. The highest BCUT2D eigenvalue weighted by molar-refractivity contribution is 5.91. The molecule has 3 N–H and O–H groups in total. The number of hydrogen-bond acceptors (Lipinski definition) is 3. The lowest BCUT2D eigenvalue weighted by Crippen LogP contribution is -1.97. The molecule has 0 heterocycles. The van der Waals surface area contributed by atoms with Gasteiger partial charge < -0.3 is 15.3 Å². The van der Waals surface area contributed by atoms with E-state index in [1.54, 1.807) is 30.3 Å². The predicted molar refractivity (Wildman–Crippen MR) is 81.5 cm³/mol. The lowest BCUT2D eigenvalue weighted by Gasteiger charge is -1.99. The molecule has 0 saturated carbocycles. The van der Waals surface area contributed by atoms with Crippen LogP contribution < -0.4 is 0 Å². The Hall–Kier alpha value is -3.21. The van der Waals surface area contributed by atoms with Crippen LogP contribution in [0.3, 0.4) is 0 Å². The molecule has 0 aromatic heterocycles. The maximum atomic E-state index is 10.9. The minimum Gasteiger partial charge on any atom is -0.507 e. The molecular formula is C18H12O4. The molecule has 0 amide bonds. The van der Waals surface area contributed by atoms with Gasteiger partial charge in [-0.15, -0.1) is 0 Å². The molecule has 4 nitrogen and oxygen atoms in total. The Morgan fingerprint density at radius 2 is 1.45 bits per heavy atom. The highest BCUT2D eigenvalue weighted by Crippen LogP contribution is 2.18. The van der Waals surface area contributed by atoms with Crippen LogP contribution in [0, 0.1) is 23.7 Å². The van der Waals surface area contributed by atoms with E-state index >= 15 is 0 Å². The monoisotopic (exact) mass is 292 g/mol. The molecular weight excluding hydrogens is 280 g/mol. The first-order valence-electron chi connectivity index (χ1n) is 6.38. The summed E-state index contributed by atoms with van der Waals surface area (Å²) < 4.78 is 0. The maximum absolute atomic E-state index is 10.9. The van der Waals surface area contributed by atoms with Crippen LogP contribution in [0.4, 0.5) is 0 Å². The van der Waals surface area contributed by atoms with Crippen LogP contribution in [-0.4, -0.2) is 27.9 Å². The van der Waals surface area contributed by atoms with Gasteiger partial charge in [-0.3, -0.25) is 0 Å². The quantitative estimate of drug-likeness (QED) is 0.701. The van der Waals surface area contributed by atoms with Crippen LogP contribution in [-0.2, 0) is 0 Å². The van der Waals surface area contributed by atoms with E-state index in [1.165, 1.54) is 12.1 Å². The molecule has 0 aliphatic carbocycles. The van der Waals surface area contributed by atoms with E-state index in [2.05, 4.69) is 23.7 Å². The van der Waals surface area contributed by atoms with Crippen LogP contribution >= 0.6 is 0 Å². The van der Waals surface area contributed by atoms with Crippen LogP contribution in [0.2, 0.25) is 0 Å². The molecule has 0 bridgehead atoms. The molecule has 0 aliphatic heterocycles. The second-order valence-corrected chi connectivity index (χ2v) is 4.32. The van der Waals surface area contributed by atoms with Gasteiger partial charge in [-0.1, -0.05) is 23.7 Å². The van der Waals surface area contributed by atoms with Gasteiger partial charge in [-0.2, -0.15) is 0 Å².